The Hall–Kier alpha value is -1.10. The maximum atomic E-state index is 5.59. The Bertz CT molecular complexity index is 246. The Balaban J connectivity index is 2.33. The van der Waals surface area contributed by atoms with Gasteiger partial charge >= 0.3 is 0 Å². The lowest BCUT2D eigenvalue weighted by Gasteiger charge is -2.28. The highest BCUT2D eigenvalue weighted by Crippen LogP contribution is 2.20. The first-order valence-electron chi connectivity index (χ1n) is 3.54. The van der Waals surface area contributed by atoms with E-state index in [1.54, 1.807) is 0 Å². The second kappa shape index (κ2) is 2.20. The van der Waals surface area contributed by atoms with E-state index in [1.807, 2.05) is 11.5 Å². The lowest BCUT2D eigenvalue weighted by Crippen LogP contribution is -2.32. The van der Waals surface area contributed by atoms with Gasteiger partial charge in [-0.2, -0.15) is 0 Å². The quantitative estimate of drug-likeness (QED) is 0.605. The van der Waals surface area contributed by atoms with Crippen molar-refractivity contribution in [2.45, 2.75) is 13.0 Å². The molecular formula is C6H10N4O. The van der Waals surface area contributed by atoms with Gasteiger partial charge in [-0.15, -0.1) is 10.2 Å². The number of hydrogen-bond acceptors (Lipinski definition) is 4. The second-order valence-electron chi connectivity index (χ2n) is 2.67. The fourth-order valence-electron chi connectivity index (χ4n) is 1.21. The summed E-state index contributed by atoms with van der Waals surface area (Å²) >= 11 is 0. The Labute approximate surface area is 64.2 Å². The smallest absolute Gasteiger partial charge is 0.222 e. The van der Waals surface area contributed by atoms with Crippen LogP contribution >= 0.6 is 0 Å². The van der Waals surface area contributed by atoms with E-state index in [0.29, 0.717) is 12.0 Å². The molecule has 0 unspecified atom stereocenters. The first-order valence-corrected chi connectivity index (χ1v) is 3.54. The SMILES string of the molecule is Cc1nnc(N)n1C1COC1. The number of ether oxygens (including phenoxy) is 1. The minimum absolute atomic E-state index is 0.352. The average molecular weight is 154 g/mol. The molecule has 2 N–H and O–H groups in total. The van der Waals surface area contributed by atoms with E-state index in [9.17, 15) is 0 Å². The summed E-state index contributed by atoms with van der Waals surface area (Å²) in [5.41, 5.74) is 5.59. The topological polar surface area (TPSA) is 66.0 Å². The first-order chi connectivity index (χ1) is 5.29. The Morgan fingerprint density at radius 2 is 2.27 bits per heavy atom. The molecule has 5 nitrogen and oxygen atoms in total. The van der Waals surface area contributed by atoms with E-state index >= 15 is 0 Å². The molecule has 1 fully saturated rings. The predicted octanol–water partition coefficient (Wildman–Crippen LogP) is -0.260. The van der Waals surface area contributed by atoms with E-state index in [1.165, 1.54) is 0 Å². The van der Waals surface area contributed by atoms with E-state index in [2.05, 4.69) is 10.2 Å². The third kappa shape index (κ3) is 0.883. The molecule has 0 spiro atoms. The van der Waals surface area contributed by atoms with E-state index < -0.39 is 0 Å². The van der Waals surface area contributed by atoms with Crippen LogP contribution in [0.4, 0.5) is 5.95 Å². The summed E-state index contributed by atoms with van der Waals surface area (Å²) < 4.78 is 6.94. The van der Waals surface area contributed by atoms with Crippen LogP contribution in [0, 0.1) is 6.92 Å². The zero-order chi connectivity index (χ0) is 7.84. The predicted molar refractivity (Wildman–Crippen MR) is 39.0 cm³/mol. The molecule has 0 atom stereocenters. The number of aromatic nitrogens is 3. The molecule has 0 aliphatic carbocycles. The number of anilines is 1. The number of nitrogen functional groups attached to an aromatic ring is 1. The molecule has 0 aromatic carbocycles. The molecular weight excluding hydrogens is 144 g/mol. The van der Waals surface area contributed by atoms with E-state index in [-0.39, 0.29) is 0 Å². The third-order valence-corrected chi connectivity index (χ3v) is 1.88. The van der Waals surface area contributed by atoms with Crippen molar-refractivity contribution in [3.05, 3.63) is 5.82 Å². The van der Waals surface area contributed by atoms with Gasteiger partial charge < -0.3 is 10.5 Å². The molecule has 0 amide bonds. The molecule has 0 radical (unpaired) electrons. The van der Waals surface area contributed by atoms with Crippen LogP contribution in [-0.4, -0.2) is 28.0 Å². The zero-order valence-electron chi connectivity index (χ0n) is 6.32. The van der Waals surface area contributed by atoms with Crippen molar-refractivity contribution in [1.29, 1.82) is 0 Å². The third-order valence-electron chi connectivity index (χ3n) is 1.88. The molecule has 1 aromatic rings. The van der Waals surface area contributed by atoms with Gasteiger partial charge in [0.25, 0.3) is 0 Å². The van der Waals surface area contributed by atoms with Crippen LogP contribution in [0.5, 0.6) is 0 Å². The van der Waals surface area contributed by atoms with Crippen LogP contribution in [0.3, 0.4) is 0 Å². The zero-order valence-corrected chi connectivity index (χ0v) is 6.32. The van der Waals surface area contributed by atoms with Crippen molar-refractivity contribution < 1.29 is 4.74 Å². The van der Waals surface area contributed by atoms with Gasteiger partial charge in [-0.1, -0.05) is 0 Å². The summed E-state index contributed by atoms with van der Waals surface area (Å²) in [7, 11) is 0. The molecule has 1 aromatic heterocycles. The molecule has 2 heterocycles. The van der Waals surface area contributed by atoms with Crippen LogP contribution in [0.1, 0.15) is 11.9 Å². The van der Waals surface area contributed by atoms with Gasteiger partial charge in [-0.05, 0) is 6.92 Å². The molecule has 2 rings (SSSR count). The molecule has 1 aliphatic rings. The highest BCUT2D eigenvalue weighted by Gasteiger charge is 2.24. The number of hydrogen-bond donors (Lipinski definition) is 1. The van der Waals surface area contributed by atoms with Gasteiger partial charge in [0, 0.05) is 0 Å². The van der Waals surface area contributed by atoms with Gasteiger partial charge in [-0.3, -0.25) is 4.57 Å². The van der Waals surface area contributed by atoms with Crippen LogP contribution in [-0.2, 0) is 4.74 Å². The van der Waals surface area contributed by atoms with Crippen LogP contribution in [0.15, 0.2) is 0 Å². The monoisotopic (exact) mass is 154 g/mol. The summed E-state index contributed by atoms with van der Waals surface area (Å²) in [5.74, 6) is 1.34. The van der Waals surface area contributed by atoms with Gasteiger partial charge in [0.1, 0.15) is 5.82 Å². The molecule has 0 bridgehead atoms. The number of rotatable bonds is 1. The standard InChI is InChI=1S/C6H10N4O/c1-4-8-9-6(7)10(4)5-2-11-3-5/h5H,2-3H2,1H3,(H2,7,9). The molecule has 5 heteroatoms. The average Bonchev–Trinajstić information content (AvgIpc) is 2.15. The summed E-state index contributed by atoms with van der Waals surface area (Å²) in [5, 5.41) is 7.61. The fourth-order valence-corrected chi connectivity index (χ4v) is 1.21. The fraction of sp³-hybridized carbons (Fsp3) is 0.667. The molecule has 11 heavy (non-hydrogen) atoms. The van der Waals surface area contributed by atoms with Crippen molar-refractivity contribution in [3.63, 3.8) is 0 Å². The Morgan fingerprint density at radius 1 is 1.55 bits per heavy atom. The highest BCUT2D eigenvalue weighted by atomic mass is 16.5. The van der Waals surface area contributed by atoms with Crippen molar-refractivity contribution in [1.82, 2.24) is 14.8 Å². The molecule has 60 valence electrons. The van der Waals surface area contributed by atoms with Crippen LogP contribution < -0.4 is 5.73 Å². The van der Waals surface area contributed by atoms with Gasteiger partial charge in [0.05, 0.1) is 19.3 Å². The highest BCUT2D eigenvalue weighted by molar-refractivity contribution is 5.18. The van der Waals surface area contributed by atoms with Gasteiger partial charge in [-0.25, -0.2) is 0 Å². The van der Waals surface area contributed by atoms with Crippen molar-refractivity contribution in [3.8, 4) is 0 Å². The Kier molecular flexibility index (Phi) is 1.32. The van der Waals surface area contributed by atoms with Gasteiger partial charge in [0.2, 0.25) is 5.95 Å². The minimum atomic E-state index is 0.352. The Morgan fingerprint density at radius 3 is 2.64 bits per heavy atom. The lowest BCUT2D eigenvalue weighted by atomic mass is 10.2. The summed E-state index contributed by atoms with van der Waals surface area (Å²) in [4.78, 5) is 0. The second-order valence-corrected chi connectivity index (χ2v) is 2.67. The molecule has 1 saturated heterocycles. The summed E-state index contributed by atoms with van der Waals surface area (Å²) in [6.07, 6.45) is 0. The van der Waals surface area contributed by atoms with E-state index in [4.69, 9.17) is 10.5 Å². The first kappa shape index (κ1) is 6.60. The summed E-state index contributed by atoms with van der Waals surface area (Å²) in [6, 6.07) is 0.352. The maximum absolute atomic E-state index is 5.59. The minimum Gasteiger partial charge on any atom is -0.377 e. The van der Waals surface area contributed by atoms with Crippen molar-refractivity contribution >= 4 is 5.95 Å². The van der Waals surface area contributed by atoms with E-state index in [0.717, 1.165) is 19.0 Å². The van der Waals surface area contributed by atoms with Crippen LogP contribution in [0.2, 0.25) is 0 Å². The molecule has 0 saturated carbocycles. The van der Waals surface area contributed by atoms with Crippen molar-refractivity contribution in [2.75, 3.05) is 18.9 Å². The maximum Gasteiger partial charge on any atom is 0.222 e. The lowest BCUT2D eigenvalue weighted by molar-refractivity contribution is -0.0233. The number of nitrogens with two attached hydrogens (primary N) is 1. The van der Waals surface area contributed by atoms with Crippen LogP contribution in [0.25, 0.3) is 0 Å². The van der Waals surface area contributed by atoms with Gasteiger partial charge in [0.15, 0.2) is 0 Å². The number of aryl methyl sites for hydroxylation is 1. The normalized spacial score (nSPS) is 18.3. The van der Waals surface area contributed by atoms with Crippen molar-refractivity contribution in [2.24, 2.45) is 0 Å². The summed E-state index contributed by atoms with van der Waals surface area (Å²) in [6.45, 7) is 3.34. The largest absolute Gasteiger partial charge is 0.377 e. The molecule has 1 aliphatic heterocycles. The number of nitrogens with zero attached hydrogens (tertiary/aromatic N) is 3.